The Labute approximate surface area is 94.2 Å². The highest BCUT2D eigenvalue weighted by molar-refractivity contribution is 5.74. The van der Waals surface area contributed by atoms with Crippen LogP contribution in [0.2, 0.25) is 0 Å². The van der Waals surface area contributed by atoms with Gasteiger partial charge in [0.25, 0.3) is 0 Å². The monoisotopic (exact) mass is 214 g/mol. The van der Waals surface area contributed by atoms with Gasteiger partial charge in [-0.15, -0.1) is 6.58 Å². The summed E-state index contributed by atoms with van der Waals surface area (Å²) in [5.41, 5.74) is 5.63. The van der Waals surface area contributed by atoms with Crippen molar-refractivity contribution >= 4 is 11.0 Å². The topological polar surface area (TPSA) is 63.8 Å². The van der Waals surface area contributed by atoms with Crippen LogP contribution in [-0.4, -0.2) is 9.97 Å². The van der Waals surface area contributed by atoms with Gasteiger partial charge < -0.3 is 0 Å². The summed E-state index contributed by atoms with van der Waals surface area (Å²) in [6.45, 7) is 3.71. The molecule has 82 valence electrons. The van der Waals surface area contributed by atoms with Crippen molar-refractivity contribution < 1.29 is 0 Å². The number of aromatic nitrogens is 2. The van der Waals surface area contributed by atoms with E-state index in [0.29, 0.717) is 0 Å². The Morgan fingerprint density at radius 1 is 1.31 bits per heavy atom. The van der Waals surface area contributed by atoms with E-state index in [4.69, 9.17) is 5.84 Å². The smallest absolute Gasteiger partial charge is 0.0890 e. The Morgan fingerprint density at radius 2 is 2.06 bits per heavy atom. The molecule has 1 aromatic carbocycles. The number of nitrogens with one attached hydrogen (secondary N) is 1. The summed E-state index contributed by atoms with van der Waals surface area (Å²) < 4.78 is 0. The number of fused-ring (bicyclic) bond motifs is 1. The fourth-order valence-electron chi connectivity index (χ4n) is 1.66. The molecule has 0 saturated carbocycles. The van der Waals surface area contributed by atoms with E-state index in [1.54, 1.807) is 12.4 Å². The number of hydrogen-bond donors (Lipinski definition) is 2. The van der Waals surface area contributed by atoms with Gasteiger partial charge in [-0.25, -0.2) is 0 Å². The van der Waals surface area contributed by atoms with Crippen LogP contribution in [-0.2, 0) is 0 Å². The van der Waals surface area contributed by atoms with Gasteiger partial charge in [0.2, 0.25) is 0 Å². The molecule has 0 spiro atoms. The summed E-state index contributed by atoms with van der Waals surface area (Å²) >= 11 is 0. The van der Waals surface area contributed by atoms with Crippen molar-refractivity contribution in [3.8, 4) is 0 Å². The van der Waals surface area contributed by atoms with Crippen molar-refractivity contribution in [1.29, 1.82) is 0 Å². The van der Waals surface area contributed by atoms with Gasteiger partial charge in [-0.1, -0.05) is 12.1 Å². The number of benzene rings is 1. The molecule has 1 unspecified atom stereocenters. The first-order valence-corrected chi connectivity index (χ1v) is 5.13. The number of rotatable bonds is 4. The van der Waals surface area contributed by atoms with Crippen molar-refractivity contribution in [2.45, 2.75) is 12.5 Å². The summed E-state index contributed by atoms with van der Waals surface area (Å²) in [6, 6.07) is 6.02. The summed E-state index contributed by atoms with van der Waals surface area (Å²) in [7, 11) is 0. The minimum atomic E-state index is 0.0731. The van der Waals surface area contributed by atoms with E-state index >= 15 is 0 Å². The normalized spacial score (nSPS) is 12.6. The van der Waals surface area contributed by atoms with E-state index < -0.39 is 0 Å². The third kappa shape index (κ3) is 2.08. The molecule has 0 aliphatic heterocycles. The molecule has 0 saturated heterocycles. The Morgan fingerprint density at radius 3 is 2.75 bits per heavy atom. The first kappa shape index (κ1) is 10.7. The molecule has 1 aromatic heterocycles. The quantitative estimate of drug-likeness (QED) is 0.462. The number of nitrogens with zero attached hydrogens (tertiary/aromatic N) is 2. The summed E-state index contributed by atoms with van der Waals surface area (Å²) in [5, 5.41) is 0. The molecule has 1 heterocycles. The molecule has 0 radical (unpaired) electrons. The van der Waals surface area contributed by atoms with Crippen LogP contribution >= 0.6 is 0 Å². The minimum Gasteiger partial charge on any atom is -0.271 e. The molecule has 2 aromatic rings. The predicted octanol–water partition coefficient (Wildman–Crippen LogP) is 1.71. The van der Waals surface area contributed by atoms with Gasteiger partial charge in [-0.05, 0) is 24.1 Å². The second-order valence-electron chi connectivity index (χ2n) is 3.55. The van der Waals surface area contributed by atoms with Crippen LogP contribution in [0.3, 0.4) is 0 Å². The molecule has 16 heavy (non-hydrogen) atoms. The number of hydrazine groups is 1. The zero-order valence-electron chi connectivity index (χ0n) is 8.93. The number of nitrogens with two attached hydrogens (primary N) is 1. The maximum absolute atomic E-state index is 5.50. The lowest BCUT2D eigenvalue weighted by molar-refractivity contribution is 0.562. The molecule has 3 N–H and O–H groups in total. The van der Waals surface area contributed by atoms with Crippen molar-refractivity contribution in [1.82, 2.24) is 15.4 Å². The highest BCUT2D eigenvalue weighted by atomic mass is 15.2. The van der Waals surface area contributed by atoms with Crippen LogP contribution in [0.5, 0.6) is 0 Å². The molecule has 0 aliphatic rings. The van der Waals surface area contributed by atoms with E-state index in [1.807, 2.05) is 24.3 Å². The SMILES string of the molecule is C=CCC(NN)c1ccc2nccnc2c1. The largest absolute Gasteiger partial charge is 0.271 e. The van der Waals surface area contributed by atoms with Crippen LogP contribution < -0.4 is 11.3 Å². The van der Waals surface area contributed by atoms with Gasteiger partial charge in [0.15, 0.2) is 0 Å². The lowest BCUT2D eigenvalue weighted by atomic mass is 10.0. The Bertz CT molecular complexity index is 495. The highest BCUT2D eigenvalue weighted by Gasteiger charge is 2.08. The maximum Gasteiger partial charge on any atom is 0.0890 e. The van der Waals surface area contributed by atoms with Gasteiger partial charge in [-0.2, -0.15) is 0 Å². The van der Waals surface area contributed by atoms with Gasteiger partial charge in [0.1, 0.15) is 0 Å². The molecule has 0 bridgehead atoms. The van der Waals surface area contributed by atoms with Crippen LogP contribution in [0, 0.1) is 0 Å². The second-order valence-corrected chi connectivity index (χ2v) is 3.55. The zero-order valence-corrected chi connectivity index (χ0v) is 8.93. The van der Waals surface area contributed by atoms with Gasteiger partial charge >= 0.3 is 0 Å². The molecule has 4 nitrogen and oxygen atoms in total. The molecule has 0 aliphatic carbocycles. The van der Waals surface area contributed by atoms with Crippen LogP contribution in [0.25, 0.3) is 11.0 Å². The van der Waals surface area contributed by atoms with E-state index in [0.717, 1.165) is 23.0 Å². The standard InChI is InChI=1S/C12H14N4/c1-2-3-10(16-13)9-4-5-11-12(8-9)15-7-6-14-11/h2,4-8,10,16H,1,3,13H2. The third-order valence-electron chi connectivity index (χ3n) is 2.50. The Kier molecular flexibility index (Phi) is 3.24. The van der Waals surface area contributed by atoms with E-state index in [9.17, 15) is 0 Å². The molecule has 0 fully saturated rings. The van der Waals surface area contributed by atoms with E-state index in [1.165, 1.54) is 0 Å². The molecule has 1 atom stereocenters. The Hall–Kier alpha value is -1.78. The first-order chi connectivity index (χ1) is 7.85. The van der Waals surface area contributed by atoms with E-state index in [2.05, 4.69) is 22.0 Å². The fraction of sp³-hybridized carbons (Fsp3) is 0.167. The molecule has 4 heteroatoms. The van der Waals surface area contributed by atoms with Crippen molar-refractivity contribution in [3.63, 3.8) is 0 Å². The lowest BCUT2D eigenvalue weighted by Crippen LogP contribution is -2.27. The van der Waals surface area contributed by atoms with Crippen molar-refractivity contribution in [2.24, 2.45) is 5.84 Å². The molecule has 2 rings (SSSR count). The summed E-state index contributed by atoms with van der Waals surface area (Å²) in [6.07, 6.45) is 5.99. The predicted molar refractivity (Wildman–Crippen MR) is 64.4 cm³/mol. The molecular formula is C12H14N4. The second kappa shape index (κ2) is 4.83. The first-order valence-electron chi connectivity index (χ1n) is 5.13. The van der Waals surface area contributed by atoms with Crippen LogP contribution in [0.15, 0.2) is 43.2 Å². The zero-order chi connectivity index (χ0) is 11.4. The van der Waals surface area contributed by atoms with E-state index in [-0.39, 0.29) is 6.04 Å². The van der Waals surface area contributed by atoms with Crippen molar-refractivity contribution in [3.05, 3.63) is 48.8 Å². The Balaban J connectivity index is 2.41. The fourth-order valence-corrected chi connectivity index (χ4v) is 1.66. The third-order valence-corrected chi connectivity index (χ3v) is 2.50. The number of hydrogen-bond acceptors (Lipinski definition) is 4. The average Bonchev–Trinajstić information content (AvgIpc) is 2.35. The summed E-state index contributed by atoms with van der Waals surface area (Å²) in [5.74, 6) is 5.50. The summed E-state index contributed by atoms with van der Waals surface area (Å²) in [4.78, 5) is 8.48. The van der Waals surface area contributed by atoms with Gasteiger partial charge in [0, 0.05) is 18.4 Å². The molecular weight excluding hydrogens is 200 g/mol. The average molecular weight is 214 g/mol. The van der Waals surface area contributed by atoms with Crippen LogP contribution in [0.4, 0.5) is 0 Å². The molecule has 0 amide bonds. The van der Waals surface area contributed by atoms with Gasteiger partial charge in [0.05, 0.1) is 11.0 Å². The minimum absolute atomic E-state index is 0.0731. The maximum atomic E-state index is 5.50. The van der Waals surface area contributed by atoms with Gasteiger partial charge in [-0.3, -0.25) is 21.2 Å². The van der Waals surface area contributed by atoms with Crippen molar-refractivity contribution in [2.75, 3.05) is 0 Å². The lowest BCUT2D eigenvalue weighted by Gasteiger charge is -2.14. The highest BCUT2D eigenvalue weighted by Crippen LogP contribution is 2.19. The van der Waals surface area contributed by atoms with Crippen LogP contribution in [0.1, 0.15) is 18.0 Å².